The van der Waals surface area contributed by atoms with Crippen LogP contribution in [0.2, 0.25) is 0 Å². The van der Waals surface area contributed by atoms with Gasteiger partial charge in [0, 0.05) is 44.7 Å². The molecular weight excluding hydrogens is 320 g/mol. The van der Waals surface area contributed by atoms with E-state index in [2.05, 4.69) is 40.2 Å². The largest absolute Gasteiger partial charge is 0.348 e. The molecule has 24 heavy (non-hydrogen) atoms. The van der Waals surface area contributed by atoms with Gasteiger partial charge in [-0.05, 0) is 31.9 Å². The van der Waals surface area contributed by atoms with Crippen LogP contribution in [0.5, 0.6) is 0 Å². The summed E-state index contributed by atoms with van der Waals surface area (Å²) >= 11 is 1.75. The Morgan fingerprint density at radius 2 is 2.04 bits per heavy atom. The number of para-hydroxylation sites is 1. The first-order chi connectivity index (χ1) is 11.7. The van der Waals surface area contributed by atoms with Crippen molar-refractivity contribution >= 4 is 32.6 Å². The van der Waals surface area contributed by atoms with Crippen molar-refractivity contribution in [2.24, 2.45) is 5.92 Å². The normalized spacial score (nSPS) is 23.0. The third-order valence-electron chi connectivity index (χ3n) is 5.18. The number of benzene rings is 1. The van der Waals surface area contributed by atoms with E-state index in [-0.39, 0.29) is 5.92 Å². The van der Waals surface area contributed by atoms with Crippen LogP contribution in [0.15, 0.2) is 24.3 Å². The van der Waals surface area contributed by atoms with Gasteiger partial charge in [0.15, 0.2) is 5.13 Å². The van der Waals surface area contributed by atoms with Gasteiger partial charge in [0.1, 0.15) is 0 Å². The third kappa shape index (κ3) is 3.00. The van der Waals surface area contributed by atoms with Gasteiger partial charge in [-0.3, -0.25) is 4.79 Å². The summed E-state index contributed by atoms with van der Waals surface area (Å²) in [7, 11) is 0. The number of piperidine rings is 1. The highest BCUT2D eigenvalue weighted by atomic mass is 32.1. The van der Waals surface area contributed by atoms with Crippen LogP contribution < -0.4 is 10.2 Å². The first kappa shape index (κ1) is 15.8. The summed E-state index contributed by atoms with van der Waals surface area (Å²) in [4.78, 5) is 22.0. The number of anilines is 1. The maximum absolute atomic E-state index is 12.8. The molecule has 0 spiro atoms. The average molecular weight is 344 g/mol. The fourth-order valence-corrected chi connectivity index (χ4v) is 4.73. The van der Waals surface area contributed by atoms with E-state index in [0.717, 1.165) is 56.2 Å². The molecular formula is C18H24N4OS. The lowest BCUT2D eigenvalue weighted by atomic mass is 9.94. The lowest BCUT2D eigenvalue weighted by Gasteiger charge is -2.39. The van der Waals surface area contributed by atoms with E-state index >= 15 is 0 Å². The highest BCUT2D eigenvalue weighted by molar-refractivity contribution is 7.22. The van der Waals surface area contributed by atoms with Crippen LogP contribution in [-0.2, 0) is 4.79 Å². The summed E-state index contributed by atoms with van der Waals surface area (Å²) < 4.78 is 1.24. The SMILES string of the molecule is C[C@@H]1CNCCN1C(=O)C1CCN(c2nc3ccccc3s2)CC1. The molecule has 2 aromatic rings. The Balaban J connectivity index is 1.40. The molecule has 2 aliphatic heterocycles. The van der Waals surface area contributed by atoms with E-state index in [0.29, 0.717) is 11.9 Å². The molecule has 1 N–H and O–H groups in total. The van der Waals surface area contributed by atoms with Gasteiger partial charge in [-0.2, -0.15) is 0 Å². The molecule has 0 aliphatic carbocycles. The molecule has 128 valence electrons. The molecule has 0 unspecified atom stereocenters. The molecule has 2 saturated heterocycles. The Kier molecular flexibility index (Phi) is 4.41. The van der Waals surface area contributed by atoms with Crippen LogP contribution in [-0.4, -0.2) is 54.6 Å². The molecule has 1 aromatic carbocycles. The van der Waals surface area contributed by atoms with Gasteiger partial charge in [-0.25, -0.2) is 4.98 Å². The zero-order valence-corrected chi connectivity index (χ0v) is 14.9. The smallest absolute Gasteiger partial charge is 0.226 e. The zero-order chi connectivity index (χ0) is 16.5. The van der Waals surface area contributed by atoms with E-state index in [4.69, 9.17) is 4.98 Å². The first-order valence-electron chi connectivity index (χ1n) is 8.84. The molecule has 0 saturated carbocycles. The van der Waals surface area contributed by atoms with Crippen molar-refractivity contribution < 1.29 is 4.79 Å². The molecule has 2 fully saturated rings. The maximum Gasteiger partial charge on any atom is 0.226 e. The minimum Gasteiger partial charge on any atom is -0.348 e. The molecule has 5 nitrogen and oxygen atoms in total. The summed E-state index contributed by atoms with van der Waals surface area (Å²) in [6.45, 7) is 6.67. The fraction of sp³-hybridized carbons (Fsp3) is 0.556. The number of carbonyl (C=O) groups excluding carboxylic acids is 1. The lowest BCUT2D eigenvalue weighted by molar-refractivity contribution is -0.139. The second kappa shape index (κ2) is 6.69. The number of hydrogen-bond acceptors (Lipinski definition) is 5. The van der Waals surface area contributed by atoms with E-state index in [9.17, 15) is 4.79 Å². The minimum atomic E-state index is 0.177. The van der Waals surface area contributed by atoms with Crippen molar-refractivity contribution in [3.63, 3.8) is 0 Å². The van der Waals surface area contributed by atoms with E-state index in [1.165, 1.54) is 4.70 Å². The van der Waals surface area contributed by atoms with Gasteiger partial charge in [0.2, 0.25) is 5.91 Å². The number of nitrogens with zero attached hydrogens (tertiary/aromatic N) is 3. The van der Waals surface area contributed by atoms with Gasteiger partial charge in [0.05, 0.1) is 10.2 Å². The molecule has 2 aliphatic rings. The Labute approximate surface area is 146 Å². The number of hydrogen-bond donors (Lipinski definition) is 1. The van der Waals surface area contributed by atoms with Crippen molar-refractivity contribution in [2.45, 2.75) is 25.8 Å². The van der Waals surface area contributed by atoms with Crippen molar-refractivity contribution in [2.75, 3.05) is 37.6 Å². The highest BCUT2D eigenvalue weighted by Gasteiger charge is 2.32. The molecule has 1 amide bonds. The van der Waals surface area contributed by atoms with Gasteiger partial charge in [0.25, 0.3) is 0 Å². The van der Waals surface area contributed by atoms with Crippen LogP contribution in [0.25, 0.3) is 10.2 Å². The predicted octanol–water partition coefficient (Wildman–Crippen LogP) is 2.33. The monoisotopic (exact) mass is 344 g/mol. The Morgan fingerprint density at radius 1 is 1.25 bits per heavy atom. The number of rotatable bonds is 2. The summed E-state index contributed by atoms with van der Waals surface area (Å²) in [5.74, 6) is 0.532. The third-order valence-corrected chi connectivity index (χ3v) is 6.28. The molecule has 6 heteroatoms. The van der Waals surface area contributed by atoms with Crippen molar-refractivity contribution in [1.82, 2.24) is 15.2 Å². The topological polar surface area (TPSA) is 48.5 Å². The number of aromatic nitrogens is 1. The first-order valence-corrected chi connectivity index (χ1v) is 9.66. The van der Waals surface area contributed by atoms with Crippen LogP contribution >= 0.6 is 11.3 Å². The number of piperazine rings is 1. The molecule has 0 radical (unpaired) electrons. The van der Waals surface area contributed by atoms with Gasteiger partial charge >= 0.3 is 0 Å². The quantitative estimate of drug-likeness (QED) is 0.908. The van der Waals surface area contributed by atoms with E-state index < -0.39 is 0 Å². The van der Waals surface area contributed by atoms with E-state index in [1.807, 2.05) is 6.07 Å². The minimum absolute atomic E-state index is 0.177. The van der Waals surface area contributed by atoms with Crippen molar-refractivity contribution in [3.05, 3.63) is 24.3 Å². The maximum atomic E-state index is 12.8. The summed E-state index contributed by atoms with van der Waals surface area (Å²) in [6.07, 6.45) is 1.87. The Hall–Kier alpha value is -1.66. The van der Waals surface area contributed by atoms with Gasteiger partial charge in [-0.1, -0.05) is 23.5 Å². The summed E-state index contributed by atoms with van der Waals surface area (Å²) in [5, 5.41) is 4.45. The van der Waals surface area contributed by atoms with Crippen molar-refractivity contribution in [1.29, 1.82) is 0 Å². The molecule has 3 heterocycles. The van der Waals surface area contributed by atoms with Gasteiger partial charge < -0.3 is 15.1 Å². The van der Waals surface area contributed by atoms with Crippen LogP contribution in [0.4, 0.5) is 5.13 Å². The second-order valence-corrected chi connectivity index (χ2v) is 7.82. The molecule has 1 aromatic heterocycles. The molecule has 1 atom stereocenters. The van der Waals surface area contributed by atoms with E-state index in [1.54, 1.807) is 11.3 Å². The second-order valence-electron chi connectivity index (χ2n) is 6.81. The predicted molar refractivity (Wildman–Crippen MR) is 98.6 cm³/mol. The summed E-state index contributed by atoms with van der Waals surface area (Å²) in [5.41, 5.74) is 1.07. The standard InChI is InChI=1S/C18H24N4OS/c1-13-12-19-8-11-22(13)17(23)14-6-9-21(10-7-14)18-20-15-4-2-3-5-16(15)24-18/h2-5,13-14,19H,6-12H2,1H3/t13-/m1/s1. The number of nitrogens with one attached hydrogen (secondary N) is 1. The molecule has 4 rings (SSSR count). The van der Waals surface area contributed by atoms with Crippen LogP contribution in [0.1, 0.15) is 19.8 Å². The zero-order valence-electron chi connectivity index (χ0n) is 14.1. The van der Waals surface area contributed by atoms with Gasteiger partial charge in [-0.15, -0.1) is 0 Å². The van der Waals surface area contributed by atoms with Crippen molar-refractivity contribution in [3.8, 4) is 0 Å². The number of thiazole rings is 1. The van der Waals surface area contributed by atoms with Crippen LogP contribution in [0, 0.1) is 5.92 Å². The molecule has 0 bridgehead atoms. The Morgan fingerprint density at radius 3 is 2.79 bits per heavy atom. The number of amides is 1. The summed E-state index contributed by atoms with van der Waals surface area (Å²) in [6, 6.07) is 8.60. The average Bonchev–Trinajstić information content (AvgIpc) is 3.06. The van der Waals surface area contributed by atoms with Crippen LogP contribution in [0.3, 0.4) is 0 Å². The highest BCUT2D eigenvalue weighted by Crippen LogP contribution is 2.31. The number of fused-ring (bicyclic) bond motifs is 1. The fourth-order valence-electron chi connectivity index (χ4n) is 3.72. The number of carbonyl (C=O) groups is 1. The Bertz CT molecular complexity index is 690. The lowest BCUT2D eigenvalue weighted by Crippen LogP contribution is -2.54.